The molecule has 2 N–H and O–H groups in total. The minimum Gasteiger partial charge on any atom is -0.482 e. The van der Waals surface area contributed by atoms with E-state index < -0.39 is 5.97 Å². The summed E-state index contributed by atoms with van der Waals surface area (Å²) in [5.41, 5.74) is 0. The summed E-state index contributed by atoms with van der Waals surface area (Å²) in [6.07, 6.45) is 2.46. The second kappa shape index (κ2) is 11.5. The average molecular weight is 352 g/mol. The number of likely N-dealkylation sites (tertiary alicyclic amines) is 1. The smallest absolute Gasteiger partial charge is 0.341 e. The van der Waals surface area contributed by atoms with Gasteiger partial charge in [-0.05, 0) is 56.6 Å². The highest BCUT2D eigenvalue weighted by molar-refractivity contribution is 6.30. The molecule has 1 saturated heterocycles. The SMILES string of the molecule is CN1CCCC(CO)C1.Cl.O=C(O)COc1ccc(Cl)cc1. The van der Waals surface area contributed by atoms with Crippen LogP contribution in [0.2, 0.25) is 5.02 Å². The lowest BCUT2D eigenvalue weighted by molar-refractivity contribution is -0.139. The fourth-order valence-corrected chi connectivity index (χ4v) is 2.22. The Morgan fingerprint density at radius 1 is 1.41 bits per heavy atom. The summed E-state index contributed by atoms with van der Waals surface area (Å²) in [4.78, 5) is 12.4. The van der Waals surface area contributed by atoms with Crippen LogP contribution < -0.4 is 4.74 Å². The van der Waals surface area contributed by atoms with Gasteiger partial charge in [0.25, 0.3) is 0 Å². The number of aliphatic carboxylic acids is 1. The van der Waals surface area contributed by atoms with Crippen LogP contribution in [0.5, 0.6) is 5.75 Å². The van der Waals surface area contributed by atoms with Crippen molar-refractivity contribution >= 4 is 30.0 Å². The topological polar surface area (TPSA) is 70.0 Å². The molecule has 1 aliphatic rings. The molecular weight excluding hydrogens is 329 g/mol. The predicted octanol–water partition coefficient (Wildman–Crippen LogP) is 2.55. The highest BCUT2D eigenvalue weighted by Crippen LogP contribution is 2.15. The van der Waals surface area contributed by atoms with E-state index >= 15 is 0 Å². The second-order valence-corrected chi connectivity index (χ2v) is 5.53. The normalized spacial score (nSPS) is 17.7. The van der Waals surface area contributed by atoms with Crippen LogP contribution in [-0.2, 0) is 4.79 Å². The minimum atomic E-state index is -0.995. The molecular formula is C15H23Cl2NO4. The lowest BCUT2D eigenvalue weighted by atomic mass is 10.00. The molecule has 0 spiro atoms. The molecule has 126 valence electrons. The van der Waals surface area contributed by atoms with Gasteiger partial charge in [0, 0.05) is 18.2 Å². The van der Waals surface area contributed by atoms with Crippen molar-refractivity contribution in [2.45, 2.75) is 12.8 Å². The van der Waals surface area contributed by atoms with Gasteiger partial charge in [-0.25, -0.2) is 4.79 Å². The maximum absolute atomic E-state index is 10.1. The van der Waals surface area contributed by atoms with Crippen molar-refractivity contribution in [3.63, 3.8) is 0 Å². The molecule has 0 saturated carbocycles. The van der Waals surface area contributed by atoms with Crippen LogP contribution in [0.4, 0.5) is 0 Å². The Balaban J connectivity index is 0.000000397. The molecule has 7 heteroatoms. The van der Waals surface area contributed by atoms with E-state index in [2.05, 4.69) is 11.9 Å². The number of ether oxygens (including phenoxy) is 1. The lowest BCUT2D eigenvalue weighted by Crippen LogP contribution is -2.33. The Hall–Kier alpha value is -1.01. The first kappa shape index (κ1) is 21.0. The summed E-state index contributed by atoms with van der Waals surface area (Å²) >= 11 is 5.60. The van der Waals surface area contributed by atoms with Gasteiger partial charge in [0.2, 0.25) is 0 Å². The quantitative estimate of drug-likeness (QED) is 0.872. The zero-order valence-corrected chi connectivity index (χ0v) is 14.1. The van der Waals surface area contributed by atoms with E-state index in [1.807, 2.05) is 0 Å². The molecule has 0 bridgehead atoms. The predicted molar refractivity (Wildman–Crippen MR) is 89.1 cm³/mol. The zero-order chi connectivity index (χ0) is 15.7. The van der Waals surface area contributed by atoms with Gasteiger partial charge < -0.3 is 19.8 Å². The highest BCUT2D eigenvalue weighted by Gasteiger charge is 2.15. The van der Waals surface area contributed by atoms with Crippen LogP contribution in [0.25, 0.3) is 0 Å². The molecule has 0 amide bonds. The second-order valence-electron chi connectivity index (χ2n) is 5.09. The molecule has 1 heterocycles. The standard InChI is InChI=1S/C8H7ClO3.C7H15NO.ClH/c9-6-1-3-7(4-2-6)12-5-8(10)11;1-8-4-2-3-7(5-8)6-9;/h1-4H,5H2,(H,10,11);7,9H,2-6H2,1H3;1H. The summed E-state index contributed by atoms with van der Waals surface area (Å²) in [5.74, 6) is 0.0514. The molecule has 0 aromatic heterocycles. The molecule has 22 heavy (non-hydrogen) atoms. The first-order valence-electron chi connectivity index (χ1n) is 6.91. The van der Waals surface area contributed by atoms with Crippen LogP contribution >= 0.6 is 24.0 Å². The van der Waals surface area contributed by atoms with Crippen molar-refractivity contribution in [1.29, 1.82) is 0 Å². The maximum atomic E-state index is 10.1. The van der Waals surface area contributed by atoms with Crippen molar-refractivity contribution in [2.24, 2.45) is 5.92 Å². The number of piperidine rings is 1. The van der Waals surface area contributed by atoms with Gasteiger partial charge in [-0.2, -0.15) is 0 Å². The van der Waals surface area contributed by atoms with Gasteiger partial charge >= 0.3 is 5.97 Å². The van der Waals surface area contributed by atoms with E-state index in [0.29, 0.717) is 23.3 Å². The van der Waals surface area contributed by atoms with Gasteiger partial charge in [-0.15, -0.1) is 12.4 Å². The fourth-order valence-electron chi connectivity index (χ4n) is 2.10. The van der Waals surface area contributed by atoms with E-state index in [9.17, 15) is 4.79 Å². The average Bonchev–Trinajstić information content (AvgIpc) is 2.47. The molecule has 1 unspecified atom stereocenters. The van der Waals surface area contributed by atoms with Gasteiger partial charge in [0.15, 0.2) is 6.61 Å². The molecule has 5 nitrogen and oxygen atoms in total. The minimum absolute atomic E-state index is 0. The summed E-state index contributed by atoms with van der Waals surface area (Å²) in [5, 5.41) is 17.7. The maximum Gasteiger partial charge on any atom is 0.341 e. The van der Waals surface area contributed by atoms with E-state index in [0.717, 1.165) is 6.54 Å². The fraction of sp³-hybridized carbons (Fsp3) is 0.533. The third-order valence-corrected chi connectivity index (χ3v) is 3.41. The van der Waals surface area contributed by atoms with Gasteiger partial charge in [0.05, 0.1) is 0 Å². The van der Waals surface area contributed by atoms with E-state index in [4.69, 9.17) is 26.6 Å². The molecule has 1 aromatic carbocycles. The van der Waals surface area contributed by atoms with E-state index in [-0.39, 0.29) is 19.0 Å². The number of carboxylic acids is 1. The van der Waals surface area contributed by atoms with Crippen molar-refractivity contribution < 1.29 is 19.7 Å². The number of hydrogen-bond donors (Lipinski definition) is 2. The molecule has 1 atom stereocenters. The Labute approximate surface area is 142 Å². The van der Waals surface area contributed by atoms with Crippen molar-refractivity contribution in [3.05, 3.63) is 29.3 Å². The number of carboxylic acid groups (broad SMARTS) is 1. The number of halogens is 2. The number of carbonyl (C=O) groups is 1. The van der Waals surface area contributed by atoms with Gasteiger partial charge in [0.1, 0.15) is 5.75 Å². The number of hydrogen-bond acceptors (Lipinski definition) is 4. The number of rotatable bonds is 4. The van der Waals surface area contributed by atoms with Crippen LogP contribution in [0.3, 0.4) is 0 Å². The molecule has 1 aromatic rings. The molecule has 1 aliphatic heterocycles. The molecule has 0 aliphatic carbocycles. The Morgan fingerprint density at radius 3 is 2.50 bits per heavy atom. The highest BCUT2D eigenvalue weighted by atomic mass is 35.5. The summed E-state index contributed by atoms with van der Waals surface area (Å²) in [6.45, 7) is 2.32. The van der Waals surface area contributed by atoms with Crippen LogP contribution in [0, 0.1) is 5.92 Å². The Bertz CT molecular complexity index is 428. The van der Waals surface area contributed by atoms with Crippen LogP contribution in [0.1, 0.15) is 12.8 Å². The third kappa shape index (κ3) is 9.10. The number of benzene rings is 1. The Kier molecular flexibility index (Phi) is 11.0. The van der Waals surface area contributed by atoms with Crippen LogP contribution in [0.15, 0.2) is 24.3 Å². The van der Waals surface area contributed by atoms with E-state index in [1.165, 1.54) is 19.4 Å². The molecule has 1 fully saturated rings. The largest absolute Gasteiger partial charge is 0.482 e. The number of nitrogens with zero attached hydrogens (tertiary/aromatic N) is 1. The summed E-state index contributed by atoms with van der Waals surface area (Å²) < 4.78 is 4.86. The van der Waals surface area contributed by atoms with Gasteiger partial charge in [-0.3, -0.25) is 0 Å². The van der Waals surface area contributed by atoms with Crippen molar-refractivity contribution in [3.8, 4) is 5.75 Å². The number of aliphatic hydroxyl groups excluding tert-OH is 1. The third-order valence-electron chi connectivity index (χ3n) is 3.16. The first-order chi connectivity index (χ1) is 10.0. The van der Waals surface area contributed by atoms with E-state index in [1.54, 1.807) is 24.3 Å². The van der Waals surface area contributed by atoms with Crippen molar-refractivity contribution in [1.82, 2.24) is 4.90 Å². The summed E-state index contributed by atoms with van der Waals surface area (Å²) in [6, 6.07) is 6.51. The van der Waals surface area contributed by atoms with Crippen molar-refractivity contribution in [2.75, 3.05) is 33.4 Å². The first-order valence-corrected chi connectivity index (χ1v) is 7.28. The molecule has 0 radical (unpaired) electrons. The number of aliphatic hydroxyl groups is 1. The Morgan fingerprint density at radius 2 is 2.05 bits per heavy atom. The monoisotopic (exact) mass is 351 g/mol. The zero-order valence-electron chi connectivity index (χ0n) is 12.6. The summed E-state index contributed by atoms with van der Waals surface area (Å²) in [7, 11) is 2.11. The van der Waals surface area contributed by atoms with Gasteiger partial charge in [-0.1, -0.05) is 11.6 Å². The lowest BCUT2D eigenvalue weighted by Gasteiger charge is -2.27. The molecule has 2 rings (SSSR count). The van der Waals surface area contributed by atoms with Crippen LogP contribution in [-0.4, -0.2) is 54.4 Å².